The number of furan rings is 1. The molecule has 0 aliphatic carbocycles. The van der Waals surface area contributed by atoms with Gasteiger partial charge < -0.3 is 4.42 Å². The molecule has 0 atom stereocenters. The van der Waals surface area contributed by atoms with Crippen molar-refractivity contribution in [2.45, 2.75) is 4.90 Å². The van der Waals surface area contributed by atoms with Crippen molar-refractivity contribution in [1.82, 2.24) is 10.3 Å². The SMILES string of the molecule is N#Cc1cccc(SNNC(=O)c2cc3cc(Cl)ccc3o2)c1. The second-order valence-electron chi connectivity index (χ2n) is 4.59. The number of benzene rings is 2. The quantitative estimate of drug-likeness (QED) is 0.555. The van der Waals surface area contributed by atoms with Crippen LogP contribution in [-0.2, 0) is 0 Å². The Morgan fingerprint density at radius 3 is 2.91 bits per heavy atom. The maximum absolute atomic E-state index is 12.0. The van der Waals surface area contributed by atoms with Crippen molar-refractivity contribution in [3.05, 3.63) is 64.9 Å². The van der Waals surface area contributed by atoms with Gasteiger partial charge in [0, 0.05) is 15.3 Å². The average Bonchev–Trinajstić information content (AvgIpc) is 2.98. The van der Waals surface area contributed by atoms with Crippen LogP contribution in [-0.4, -0.2) is 5.91 Å². The summed E-state index contributed by atoms with van der Waals surface area (Å²) in [5, 5.41) is 10.2. The van der Waals surface area contributed by atoms with E-state index in [0.29, 0.717) is 16.2 Å². The van der Waals surface area contributed by atoms with E-state index in [2.05, 4.69) is 16.3 Å². The molecule has 0 aliphatic rings. The number of carbonyl (C=O) groups is 1. The number of hydrazine groups is 1. The van der Waals surface area contributed by atoms with Crippen molar-refractivity contribution < 1.29 is 9.21 Å². The fraction of sp³-hybridized carbons (Fsp3) is 0. The molecule has 23 heavy (non-hydrogen) atoms. The van der Waals surface area contributed by atoms with Crippen LogP contribution in [0, 0.1) is 11.3 Å². The van der Waals surface area contributed by atoms with Crippen LogP contribution in [0.3, 0.4) is 0 Å². The van der Waals surface area contributed by atoms with E-state index in [9.17, 15) is 4.79 Å². The predicted octanol–water partition coefficient (Wildman–Crippen LogP) is 3.90. The Bertz CT molecular complexity index is 917. The van der Waals surface area contributed by atoms with Gasteiger partial charge in [-0.25, -0.2) is 0 Å². The van der Waals surface area contributed by atoms with Crippen LogP contribution < -0.4 is 10.3 Å². The van der Waals surface area contributed by atoms with E-state index in [4.69, 9.17) is 21.3 Å². The first-order valence-corrected chi connectivity index (χ1v) is 7.76. The predicted molar refractivity (Wildman–Crippen MR) is 88.8 cm³/mol. The summed E-state index contributed by atoms with van der Waals surface area (Å²) in [5.74, 6) is -0.220. The molecule has 1 aromatic heterocycles. The number of halogens is 1. The lowest BCUT2D eigenvalue weighted by molar-refractivity contribution is 0.0921. The number of carbonyl (C=O) groups excluding carboxylic acids is 1. The van der Waals surface area contributed by atoms with Gasteiger partial charge in [-0.2, -0.15) is 10.1 Å². The summed E-state index contributed by atoms with van der Waals surface area (Å²) in [7, 11) is 0. The van der Waals surface area contributed by atoms with Crippen molar-refractivity contribution >= 4 is 40.4 Å². The highest BCUT2D eigenvalue weighted by Gasteiger charge is 2.12. The fourth-order valence-electron chi connectivity index (χ4n) is 1.95. The first kappa shape index (κ1) is 15.4. The van der Waals surface area contributed by atoms with E-state index >= 15 is 0 Å². The largest absolute Gasteiger partial charge is 0.451 e. The Balaban J connectivity index is 1.63. The molecule has 5 nitrogen and oxygen atoms in total. The van der Waals surface area contributed by atoms with Crippen LogP contribution in [0.2, 0.25) is 5.02 Å². The minimum atomic E-state index is -0.402. The van der Waals surface area contributed by atoms with Gasteiger partial charge in [-0.1, -0.05) is 17.7 Å². The zero-order chi connectivity index (χ0) is 16.2. The van der Waals surface area contributed by atoms with Crippen LogP contribution in [0.15, 0.2) is 57.8 Å². The lowest BCUT2D eigenvalue weighted by atomic mass is 10.2. The standard InChI is InChI=1S/C16H10ClN3O2S/c17-12-4-5-14-11(7-12)8-15(22-14)16(21)19-20-23-13-3-1-2-10(6-13)9-18/h1-8,20H,(H,19,21). The van der Waals surface area contributed by atoms with Gasteiger partial charge in [0.25, 0.3) is 0 Å². The number of fused-ring (bicyclic) bond motifs is 1. The molecule has 1 amide bonds. The summed E-state index contributed by atoms with van der Waals surface area (Å²) >= 11 is 7.09. The lowest BCUT2D eigenvalue weighted by Crippen LogP contribution is -2.32. The monoisotopic (exact) mass is 343 g/mol. The summed E-state index contributed by atoms with van der Waals surface area (Å²) in [6.07, 6.45) is 0. The molecule has 0 unspecified atom stereocenters. The van der Waals surface area contributed by atoms with Gasteiger partial charge in [0.2, 0.25) is 0 Å². The smallest absolute Gasteiger partial charge is 0.301 e. The summed E-state index contributed by atoms with van der Waals surface area (Å²) < 4.78 is 5.46. The Kier molecular flexibility index (Phi) is 4.53. The molecule has 0 radical (unpaired) electrons. The molecule has 0 spiro atoms. The maximum atomic E-state index is 12.0. The molecule has 0 bridgehead atoms. The second kappa shape index (κ2) is 6.75. The Morgan fingerprint density at radius 1 is 1.22 bits per heavy atom. The molecular weight excluding hydrogens is 334 g/mol. The van der Waals surface area contributed by atoms with Gasteiger partial charge in [0.15, 0.2) is 5.76 Å². The lowest BCUT2D eigenvalue weighted by Gasteiger charge is -2.04. The van der Waals surface area contributed by atoms with E-state index in [1.54, 1.807) is 42.5 Å². The molecule has 7 heteroatoms. The molecular formula is C16H10ClN3O2S. The summed E-state index contributed by atoms with van der Waals surface area (Å²) in [6, 6.07) is 15.8. The normalized spacial score (nSPS) is 10.4. The van der Waals surface area contributed by atoms with Crippen LogP contribution in [0.25, 0.3) is 11.0 Å². The Morgan fingerprint density at radius 2 is 2.09 bits per heavy atom. The van der Waals surface area contributed by atoms with Crippen molar-refractivity contribution in [2.75, 3.05) is 0 Å². The molecule has 0 saturated heterocycles. The van der Waals surface area contributed by atoms with Gasteiger partial charge in [-0.15, -0.1) is 0 Å². The molecule has 0 saturated carbocycles. The number of rotatable bonds is 4. The number of hydrogen-bond acceptors (Lipinski definition) is 5. The summed E-state index contributed by atoms with van der Waals surface area (Å²) in [6.45, 7) is 0. The molecule has 2 aromatic carbocycles. The molecule has 2 N–H and O–H groups in total. The van der Waals surface area contributed by atoms with E-state index < -0.39 is 5.91 Å². The molecule has 0 fully saturated rings. The van der Waals surface area contributed by atoms with E-state index in [1.807, 2.05) is 6.07 Å². The molecule has 0 aliphatic heterocycles. The van der Waals surface area contributed by atoms with Gasteiger partial charge in [-0.3, -0.25) is 10.2 Å². The second-order valence-corrected chi connectivity index (χ2v) is 5.91. The zero-order valence-electron chi connectivity index (χ0n) is 11.7. The Labute approximate surface area is 141 Å². The van der Waals surface area contributed by atoms with Gasteiger partial charge in [0.05, 0.1) is 11.6 Å². The van der Waals surface area contributed by atoms with E-state index in [0.717, 1.165) is 10.3 Å². The maximum Gasteiger partial charge on any atom is 0.301 e. The van der Waals surface area contributed by atoms with Crippen LogP contribution >= 0.6 is 23.5 Å². The highest BCUT2D eigenvalue weighted by molar-refractivity contribution is 7.97. The van der Waals surface area contributed by atoms with Crippen molar-refractivity contribution in [1.29, 1.82) is 5.26 Å². The van der Waals surface area contributed by atoms with Crippen LogP contribution in [0.5, 0.6) is 0 Å². The molecule has 1 heterocycles. The minimum absolute atomic E-state index is 0.182. The van der Waals surface area contributed by atoms with Crippen molar-refractivity contribution in [2.24, 2.45) is 0 Å². The van der Waals surface area contributed by atoms with Crippen LogP contribution in [0.4, 0.5) is 0 Å². The summed E-state index contributed by atoms with van der Waals surface area (Å²) in [4.78, 5) is 15.6. The third-order valence-electron chi connectivity index (χ3n) is 3.00. The van der Waals surface area contributed by atoms with E-state index in [1.165, 1.54) is 11.9 Å². The number of nitriles is 1. The number of amides is 1. The van der Waals surface area contributed by atoms with Crippen LogP contribution in [0.1, 0.15) is 16.1 Å². The summed E-state index contributed by atoms with van der Waals surface area (Å²) in [5.41, 5.74) is 3.67. The highest BCUT2D eigenvalue weighted by Crippen LogP contribution is 2.23. The van der Waals surface area contributed by atoms with Gasteiger partial charge >= 0.3 is 5.91 Å². The number of nitrogens with one attached hydrogen (secondary N) is 2. The van der Waals surface area contributed by atoms with E-state index in [-0.39, 0.29) is 5.76 Å². The van der Waals surface area contributed by atoms with Crippen molar-refractivity contribution in [3.63, 3.8) is 0 Å². The Hall–Kier alpha value is -2.46. The van der Waals surface area contributed by atoms with Gasteiger partial charge in [-0.05, 0) is 54.4 Å². The first-order chi connectivity index (χ1) is 11.2. The molecule has 114 valence electrons. The number of hydrogen-bond donors (Lipinski definition) is 2. The minimum Gasteiger partial charge on any atom is -0.451 e. The topological polar surface area (TPSA) is 78.1 Å². The third kappa shape index (κ3) is 3.66. The van der Waals surface area contributed by atoms with Crippen molar-refractivity contribution in [3.8, 4) is 6.07 Å². The highest BCUT2D eigenvalue weighted by atomic mass is 35.5. The third-order valence-corrected chi connectivity index (χ3v) is 3.93. The average molecular weight is 344 g/mol. The zero-order valence-corrected chi connectivity index (χ0v) is 13.2. The number of nitrogens with zero attached hydrogens (tertiary/aromatic N) is 1. The van der Waals surface area contributed by atoms with Gasteiger partial charge in [0.1, 0.15) is 5.58 Å². The first-order valence-electron chi connectivity index (χ1n) is 6.57. The molecule has 3 rings (SSSR count). The fourth-order valence-corrected chi connectivity index (χ4v) is 2.72. The molecule has 3 aromatic rings.